The second-order valence-electron chi connectivity index (χ2n) is 5.65. The number of carbonyl (C=O) groups is 1. The lowest BCUT2D eigenvalue weighted by atomic mass is 10.2. The molecule has 29 heavy (non-hydrogen) atoms. The van der Waals surface area contributed by atoms with E-state index in [-0.39, 0.29) is 22.3 Å². The first kappa shape index (κ1) is 22.8. The summed E-state index contributed by atoms with van der Waals surface area (Å²) in [6.07, 6.45) is 1.85. The first-order chi connectivity index (χ1) is 13.7. The summed E-state index contributed by atoms with van der Waals surface area (Å²) >= 11 is 2.67. The third-order valence-electron chi connectivity index (χ3n) is 3.41. The van der Waals surface area contributed by atoms with Crippen molar-refractivity contribution >= 4 is 55.5 Å². The molecule has 0 spiro atoms. The first-order valence-corrected chi connectivity index (χ1v) is 11.9. The fraction of sp³-hybridized carbons (Fsp3) is 0.400. The van der Waals surface area contributed by atoms with Crippen molar-refractivity contribution in [2.45, 2.75) is 17.7 Å². The predicted octanol–water partition coefficient (Wildman–Crippen LogP) is 2.36. The van der Waals surface area contributed by atoms with E-state index in [2.05, 4.69) is 15.5 Å². The lowest BCUT2D eigenvalue weighted by Crippen LogP contribution is -2.37. The Morgan fingerprint density at radius 2 is 2.14 bits per heavy atom. The molecule has 0 aliphatic rings. The average molecular weight is 462 g/mol. The van der Waals surface area contributed by atoms with Crippen LogP contribution in [-0.2, 0) is 14.8 Å². The third-order valence-corrected chi connectivity index (χ3v) is 6.72. The fourth-order valence-electron chi connectivity index (χ4n) is 2.17. The van der Waals surface area contributed by atoms with Crippen LogP contribution in [0.3, 0.4) is 0 Å². The molecule has 0 unspecified atom stereocenters. The number of hydrogen-bond donors (Lipinski definition) is 1. The summed E-state index contributed by atoms with van der Waals surface area (Å²) in [5.74, 6) is 0.256. The largest absolute Gasteiger partial charge is 0.495 e. The second-order valence-corrected chi connectivity index (χ2v) is 9.88. The average Bonchev–Trinajstić information content (AvgIpc) is 3.10. The zero-order chi connectivity index (χ0) is 21.6. The molecule has 0 fully saturated rings. The van der Waals surface area contributed by atoms with Crippen LogP contribution in [0.4, 0.5) is 16.5 Å². The van der Waals surface area contributed by atoms with Gasteiger partial charge in [-0.25, -0.2) is 8.42 Å². The number of methoxy groups -OCH3 is 1. The van der Waals surface area contributed by atoms with Crippen LogP contribution in [0.25, 0.3) is 0 Å². The minimum atomic E-state index is -3.95. The minimum Gasteiger partial charge on any atom is -0.495 e. The van der Waals surface area contributed by atoms with Crippen LogP contribution in [0.2, 0.25) is 0 Å². The molecular weight excluding hydrogens is 442 g/mol. The Hall–Kier alpha value is -2.45. The van der Waals surface area contributed by atoms with E-state index in [0.717, 1.165) is 28.8 Å². The number of aromatic nitrogens is 2. The number of sulfonamides is 1. The number of benzene rings is 1. The number of nitro groups is 1. The summed E-state index contributed by atoms with van der Waals surface area (Å²) in [6, 6.07) is 3.49. The van der Waals surface area contributed by atoms with Crippen molar-refractivity contribution in [3.05, 3.63) is 28.3 Å². The van der Waals surface area contributed by atoms with Crippen LogP contribution in [0, 0.1) is 10.1 Å². The molecule has 2 aromatic rings. The van der Waals surface area contributed by atoms with Gasteiger partial charge in [-0.05, 0) is 12.5 Å². The highest BCUT2D eigenvalue weighted by Crippen LogP contribution is 2.33. The molecule has 0 bridgehead atoms. The molecule has 1 aromatic heterocycles. The number of ether oxygens (including phenoxy) is 1. The predicted molar refractivity (Wildman–Crippen MR) is 111 cm³/mol. The van der Waals surface area contributed by atoms with Gasteiger partial charge >= 0.3 is 0 Å². The number of nitro benzene ring substituents is 1. The first-order valence-electron chi connectivity index (χ1n) is 8.22. The van der Waals surface area contributed by atoms with E-state index < -0.39 is 27.4 Å². The zero-order valence-corrected chi connectivity index (χ0v) is 18.3. The lowest BCUT2D eigenvalue weighted by molar-refractivity contribution is -0.384. The van der Waals surface area contributed by atoms with Crippen molar-refractivity contribution in [3.63, 3.8) is 0 Å². The van der Waals surface area contributed by atoms with E-state index in [4.69, 9.17) is 4.74 Å². The maximum absolute atomic E-state index is 12.4. The molecule has 0 saturated carbocycles. The number of non-ortho nitro benzene ring substituents is 1. The highest BCUT2D eigenvalue weighted by atomic mass is 32.2. The van der Waals surface area contributed by atoms with Crippen molar-refractivity contribution < 1.29 is 22.9 Å². The van der Waals surface area contributed by atoms with Crippen LogP contribution in [0.15, 0.2) is 22.5 Å². The number of anilines is 2. The van der Waals surface area contributed by atoms with Crippen molar-refractivity contribution in [3.8, 4) is 5.75 Å². The van der Waals surface area contributed by atoms with Gasteiger partial charge in [0.1, 0.15) is 18.0 Å². The van der Waals surface area contributed by atoms with Crippen LogP contribution in [-0.4, -0.2) is 55.1 Å². The molecule has 158 valence electrons. The number of thioether (sulfide) groups is 1. The fourth-order valence-corrected chi connectivity index (χ4v) is 4.71. The number of nitrogens with zero attached hydrogens (tertiary/aromatic N) is 4. The summed E-state index contributed by atoms with van der Waals surface area (Å²) in [5.41, 5.74) is -0.452. The standard InChI is InChI=1S/C15H19N5O6S3/c1-4-7-27-15-18-17-14(28-15)16-13(21)9-19(29(3,24)25)11-8-10(20(22)23)5-6-12(11)26-2/h5-6,8H,4,7,9H2,1-3H3,(H,16,17,21). The Balaban J connectivity index is 2.26. The van der Waals surface area contributed by atoms with Crippen LogP contribution < -0.4 is 14.4 Å². The summed E-state index contributed by atoms with van der Waals surface area (Å²) < 4.78 is 31.1. The van der Waals surface area contributed by atoms with Crippen LogP contribution in [0.1, 0.15) is 13.3 Å². The lowest BCUT2D eigenvalue weighted by Gasteiger charge is -2.23. The Kier molecular flexibility index (Phi) is 7.75. The van der Waals surface area contributed by atoms with Gasteiger partial charge in [0.25, 0.3) is 5.69 Å². The molecule has 0 saturated heterocycles. The topological polar surface area (TPSA) is 145 Å². The van der Waals surface area contributed by atoms with Gasteiger partial charge in [-0.1, -0.05) is 30.0 Å². The molecule has 0 aliphatic carbocycles. The Morgan fingerprint density at radius 3 is 2.72 bits per heavy atom. The number of nitrogens with one attached hydrogen (secondary N) is 1. The van der Waals surface area contributed by atoms with Gasteiger partial charge in [0, 0.05) is 17.9 Å². The molecule has 1 heterocycles. The molecule has 0 radical (unpaired) electrons. The minimum absolute atomic E-state index is 0.0722. The number of carbonyl (C=O) groups excluding carboxylic acids is 1. The molecule has 2 rings (SSSR count). The molecule has 0 atom stereocenters. The van der Waals surface area contributed by atoms with Gasteiger partial charge in [-0.2, -0.15) is 0 Å². The highest BCUT2D eigenvalue weighted by molar-refractivity contribution is 8.01. The number of rotatable bonds is 10. The molecule has 0 aliphatic heterocycles. The molecule has 1 amide bonds. The van der Waals surface area contributed by atoms with Crippen molar-refractivity contribution in [2.24, 2.45) is 0 Å². The highest BCUT2D eigenvalue weighted by Gasteiger charge is 2.26. The normalized spacial score (nSPS) is 11.1. The van der Waals surface area contributed by atoms with Gasteiger partial charge in [-0.15, -0.1) is 10.2 Å². The van der Waals surface area contributed by atoms with E-state index in [9.17, 15) is 23.3 Å². The van der Waals surface area contributed by atoms with Crippen molar-refractivity contribution in [2.75, 3.05) is 35.3 Å². The van der Waals surface area contributed by atoms with Crippen LogP contribution in [0.5, 0.6) is 5.75 Å². The van der Waals surface area contributed by atoms with Gasteiger partial charge in [0.2, 0.25) is 21.1 Å². The van der Waals surface area contributed by atoms with Crippen molar-refractivity contribution in [1.82, 2.24) is 10.2 Å². The Bertz CT molecular complexity index is 994. The van der Waals surface area contributed by atoms with E-state index in [1.807, 2.05) is 6.92 Å². The van der Waals surface area contributed by atoms with E-state index >= 15 is 0 Å². The SMILES string of the molecule is CCCSc1nnc(NC(=O)CN(c2cc([N+](=O)[O-])ccc2OC)S(C)(=O)=O)s1. The van der Waals surface area contributed by atoms with E-state index in [1.165, 1.54) is 42.3 Å². The summed E-state index contributed by atoms with van der Waals surface area (Å²) in [4.78, 5) is 22.8. The number of amides is 1. The summed E-state index contributed by atoms with van der Waals surface area (Å²) in [7, 11) is -2.66. The second kappa shape index (κ2) is 9.84. The van der Waals surface area contributed by atoms with Crippen molar-refractivity contribution in [1.29, 1.82) is 0 Å². The molecule has 11 nitrogen and oxygen atoms in total. The Labute approximate surface area is 175 Å². The van der Waals surface area contributed by atoms with Crippen LogP contribution >= 0.6 is 23.1 Å². The zero-order valence-electron chi connectivity index (χ0n) is 15.8. The maximum atomic E-state index is 12.4. The van der Waals surface area contributed by atoms with Gasteiger partial charge in [0.15, 0.2) is 4.34 Å². The van der Waals surface area contributed by atoms with Gasteiger partial charge in [0.05, 0.1) is 18.3 Å². The summed E-state index contributed by atoms with van der Waals surface area (Å²) in [5, 5.41) is 21.6. The monoisotopic (exact) mass is 461 g/mol. The molecule has 14 heteroatoms. The number of hydrogen-bond acceptors (Lipinski definition) is 10. The quantitative estimate of drug-likeness (QED) is 0.244. The van der Waals surface area contributed by atoms with Gasteiger partial charge < -0.3 is 4.74 Å². The smallest absolute Gasteiger partial charge is 0.271 e. The Morgan fingerprint density at radius 1 is 1.41 bits per heavy atom. The third kappa shape index (κ3) is 6.27. The molecule has 1 aromatic carbocycles. The maximum Gasteiger partial charge on any atom is 0.271 e. The van der Waals surface area contributed by atoms with E-state index in [1.54, 1.807) is 0 Å². The molecular formula is C15H19N5O6S3. The van der Waals surface area contributed by atoms with Gasteiger partial charge in [-0.3, -0.25) is 24.5 Å². The van der Waals surface area contributed by atoms with E-state index in [0.29, 0.717) is 4.34 Å². The summed E-state index contributed by atoms with van der Waals surface area (Å²) in [6.45, 7) is 1.41. The molecule has 1 N–H and O–H groups in total.